The van der Waals surface area contributed by atoms with Crippen molar-refractivity contribution in [3.63, 3.8) is 0 Å². The number of hydrogen-bond acceptors (Lipinski definition) is 2. The highest BCUT2D eigenvalue weighted by atomic mass is 19.4. The lowest BCUT2D eigenvalue weighted by Gasteiger charge is -2.21. The van der Waals surface area contributed by atoms with Gasteiger partial charge >= 0.3 is 6.18 Å². The maximum absolute atomic E-state index is 12.7. The van der Waals surface area contributed by atoms with Crippen molar-refractivity contribution in [2.24, 2.45) is 0 Å². The summed E-state index contributed by atoms with van der Waals surface area (Å²) >= 11 is 0. The van der Waals surface area contributed by atoms with E-state index >= 15 is 0 Å². The second-order valence-electron chi connectivity index (χ2n) is 5.67. The minimum absolute atomic E-state index is 0.0329. The molecular formula is C18H18F3NO2. The highest BCUT2D eigenvalue weighted by Crippen LogP contribution is 2.32. The van der Waals surface area contributed by atoms with E-state index in [1.54, 1.807) is 30.1 Å². The molecule has 2 rings (SSSR count). The van der Waals surface area contributed by atoms with Crippen LogP contribution in [0.1, 0.15) is 29.8 Å². The van der Waals surface area contributed by atoms with Crippen LogP contribution in [0.15, 0.2) is 48.5 Å². The first kappa shape index (κ1) is 17.8. The zero-order chi connectivity index (χ0) is 17.9. The summed E-state index contributed by atoms with van der Waals surface area (Å²) in [6.07, 6.45) is -4.43. The Bertz CT molecular complexity index is 726. The molecule has 0 saturated carbocycles. The van der Waals surface area contributed by atoms with Crippen molar-refractivity contribution in [3.05, 3.63) is 59.7 Å². The second-order valence-corrected chi connectivity index (χ2v) is 5.67. The molecule has 1 amide bonds. The number of carbonyl (C=O) groups excluding carboxylic acids is 1. The Hall–Kier alpha value is -2.50. The number of halogens is 3. The first-order valence-corrected chi connectivity index (χ1v) is 7.41. The Morgan fingerprint density at radius 3 is 2.21 bits per heavy atom. The van der Waals surface area contributed by atoms with Gasteiger partial charge in [-0.1, -0.05) is 12.1 Å². The molecular weight excluding hydrogens is 319 g/mol. The maximum atomic E-state index is 12.7. The fraction of sp³-hybridized carbons (Fsp3) is 0.278. The van der Waals surface area contributed by atoms with Crippen LogP contribution in [0.5, 0.6) is 11.5 Å². The van der Waals surface area contributed by atoms with E-state index in [9.17, 15) is 18.0 Å². The average Bonchev–Trinajstić information content (AvgIpc) is 2.53. The Morgan fingerprint density at radius 1 is 1.04 bits per heavy atom. The largest absolute Gasteiger partial charge is 0.457 e. The van der Waals surface area contributed by atoms with Crippen LogP contribution in [0.4, 0.5) is 13.2 Å². The van der Waals surface area contributed by atoms with Crippen molar-refractivity contribution in [1.82, 2.24) is 4.90 Å². The number of nitrogens with zero attached hydrogens (tertiary/aromatic N) is 1. The van der Waals surface area contributed by atoms with Gasteiger partial charge in [0.15, 0.2) is 0 Å². The lowest BCUT2D eigenvalue weighted by molar-refractivity contribution is -0.137. The van der Waals surface area contributed by atoms with Gasteiger partial charge in [-0.15, -0.1) is 0 Å². The van der Waals surface area contributed by atoms with Gasteiger partial charge in [-0.25, -0.2) is 0 Å². The molecule has 2 aromatic rings. The third kappa shape index (κ3) is 4.28. The van der Waals surface area contributed by atoms with E-state index < -0.39 is 11.7 Å². The van der Waals surface area contributed by atoms with Gasteiger partial charge in [0, 0.05) is 18.7 Å². The van der Waals surface area contributed by atoms with Crippen LogP contribution >= 0.6 is 0 Å². The van der Waals surface area contributed by atoms with Gasteiger partial charge in [0.25, 0.3) is 5.91 Å². The number of rotatable bonds is 4. The number of carbonyl (C=O) groups is 1. The molecule has 6 heteroatoms. The number of hydrogen-bond donors (Lipinski definition) is 0. The molecule has 0 aromatic heterocycles. The minimum atomic E-state index is -4.43. The minimum Gasteiger partial charge on any atom is -0.457 e. The van der Waals surface area contributed by atoms with Crippen molar-refractivity contribution in [2.75, 3.05) is 7.05 Å². The lowest BCUT2D eigenvalue weighted by atomic mass is 10.1. The molecule has 0 aliphatic carbocycles. The van der Waals surface area contributed by atoms with Gasteiger partial charge in [-0.3, -0.25) is 4.79 Å². The van der Waals surface area contributed by atoms with E-state index in [0.717, 1.165) is 12.1 Å². The molecule has 2 aromatic carbocycles. The van der Waals surface area contributed by atoms with Gasteiger partial charge in [0.05, 0.1) is 5.56 Å². The summed E-state index contributed by atoms with van der Waals surface area (Å²) in [6, 6.07) is 11.0. The molecule has 0 saturated heterocycles. The molecule has 0 radical (unpaired) electrons. The third-order valence-electron chi connectivity index (χ3n) is 3.57. The molecule has 0 bridgehead atoms. The summed E-state index contributed by atoms with van der Waals surface area (Å²) in [4.78, 5) is 13.9. The van der Waals surface area contributed by atoms with Gasteiger partial charge in [-0.2, -0.15) is 13.2 Å². The predicted octanol–water partition coefficient (Wildman–Crippen LogP) is 4.98. The first-order chi connectivity index (χ1) is 11.2. The SMILES string of the molecule is CC(C)N(C)C(=O)c1cccc(Oc2cccc(C(F)(F)F)c2)c1. The summed E-state index contributed by atoms with van der Waals surface area (Å²) < 4.78 is 43.7. The molecule has 0 aliphatic rings. The van der Waals surface area contributed by atoms with Crippen molar-refractivity contribution < 1.29 is 22.7 Å². The quantitative estimate of drug-likeness (QED) is 0.787. The molecule has 0 unspecified atom stereocenters. The van der Waals surface area contributed by atoms with E-state index in [1.165, 1.54) is 18.2 Å². The molecule has 0 fully saturated rings. The molecule has 24 heavy (non-hydrogen) atoms. The fourth-order valence-corrected chi connectivity index (χ4v) is 2.00. The highest BCUT2D eigenvalue weighted by molar-refractivity contribution is 5.94. The zero-order valence-corrected chi connectivity index (χ0v) is 13.6. The van der Waals surface area contributed by atoms with Crippen molar-refractivity contribution in [1.29, 1.82) is 0 Å². The smallest absolute Gasteiger partial charge is 0.416 e. The van der Waals surface area contributed by atoms with E-state index in [4.69, 9.17) is 4.74 Å². The first-order valence-electron chi connectivity index (χ1n) is 7.41. The number of alkyl halides is 3. The molecule has 0 atom stereocenters. The van der Waals surface area contributed by atoms with Gasteiger partial charge < -0.3 is 9.64 Å². The third-order valence-corrected chi connectivity index (χ3v) is 3.57. The van der Waals surface area contributed by atoms with Crippen LogP contribution in [0.2, 0.25) is 0 Å². The van der Waals surface area contributed by atoms with E-state index in [2.05, 4.69) is 0 Å². The number of amides is 1. The van der Waals surface area contributed by atoms with Crippen LogP contribution in [-0.2, 0) is 6.18 Å². The molecule has 3 nitrogen and oxygen atoms in total. The Kier molecular flexibility index (Phi) is 5.17. The molecule has 0 N–H and O–H groups in total. The Balaban J connectivity index is 2.23. The topological polar surface area (TPSA) is 29.5 Å². The standard InChI is InChI=1S/C18H18F3NO2/c1-12(2)22(3)17(23)13-6-4-8-15(10-13)24-16-9-5-7-14(11-16)18(19,20)21/h4-12H,1-3H3. The highest BCUT2D eigenvalue weighted by Gasteiger charge is 2.30. The van der Waals surface area contributed by atoms with Crippen molar-refractivity contribution >= 4 is 5.91 Å². The second kappa shape index (κ2) is 6.95. The normalized spacial score (nSPS) is 11.5. The maximum Gasteiger partial charge on any atom is 0.416 e. The van der Waals surface area contributed by atoms with E-state index in [-0.39, 0.29) is 17.7 Å². The molecule has 0 aliphatic heterocycles. The lowest BCUT2D eigenvalue weighted by Crippen LogP contribution is -2.32. The molecule has 0 heterocycles. The fourth-order valence-electron chi connectivity index (χ4n) is 2.00. The van der Waals surface area contributed by atoms with Crippen LogP contribution < -0.4 is 4.74 Å². The number of benzene rings is 2. The zero-order valence-electron chi connectivity index (χ0n) is 13.6. The average molecular weight is 337 g/mol. The summed E-state index contributed by atoms with van der Waals surface area (Å²) in [6.45, 7) is 3.78. The summed E-state index contributed by atoms with van der Waals surface area (Å²) in [7, 11) is 1.69. The van der Waals surface area contributed by atoms with Crippen molar-refractivity contribution in [3.8, 4) is 11.5 Å². The van der Waals surface area contributed by atoms with E-state index in [0.29, 0.717) is 11.3 Å². The monoisotopic (exact) mass is 337 g/mol. The summed E-state index contributed by atoms with van der Waals surface area (Å²) in [5, 5.41) is 0. The predicted molar refractivity (Wildman–Crippen MR) is 85.2 cm³/mol. The van der Waals surface area contributed by atoms with Gasteiger partial charge in [0.1, 0.15) is 11.5 Å². The van der Waals surface area contributed by atoms with Crippen LogP contribution in [0, 0.1) is 0 Å². The summed E-state index contributed by atoms with van der Waals surface area (Å²) in [5.74, 6) is 0.184. The Labute approximate surface area is 138 Å². The van der Waals surface area contributed by atoms with Crippen molar-refractivity contribution in [2.45, 2.75) is 26.1 Å². The van der Waals surface area contributed by atoms with Crippen LogP contribution in [0.25, 0.3) is 0 Å². The summed E-state index contributed by atoms with van der Waals surface area (Å²) in [5.41, 5.74) is -0.373. The van der Waals surface area contributed by atoms with Crippen LogP contribution in [-0.4, -0.2) is 23.9 Å². The van der Waals surface area contributed by atoms with E-state index in [1.807, 2.05) is 13.8 Å². The van der Waals surface area contributed by atoms with Crippen LogP contribution in [0.3, 0.4) is 0 Å². The molecule has 0 spiro atoms. The molecule has 128 valence electrons. The Morgan fingerprint density at radius 2 is 1.62 bits per heavy atom. The number of ether oxygens (including phenoxy) is 1. The van der Waals surface area contributed by atoms with Gasteiger partial charge in [0.2, 0.25) is 0 Å². The van der Waals surface area contributed by atoms with Gasteiger partial charge in [-0.05, 0) is 50.2 Å².